The molecule has 130 valence electrons. The van der Waals surface area contributed by atoms with Crippen molar-refractivity contribution in [1.29, 1.82) is 0 Å². The van der Waals surface area contributed by atoms with Gasteiger partial charge in [-0.05, 0) is 31.2 Å². The summed E-state index contributed by atoms with van der Waals surface area (Å²) in [6.45, 7) is 1.44. The lowest BCUT2D eigenvalue weighted by Crippen LogP contribution is -2.13. The molecular formula is C14H10ClN3O5S2. The van der Waals surface area contributed by atoms with Gasteiger partial charge in [0.15, 0.2) is 0 Å². The Balaban J connectivity index is 2.03. The summed E-state index contributed by atoms with van der Waals surface area (Å²) in [5.41, 5.74) is 0.616. The van der Waals surface area contributed by atoms with E-state index < -0.39 is 14.9 Å². The monoisotopic (exact) mass is 399 g/mol. The number of nitro groups is 1. The second-order valence-corrected chi connectivity index (χ2v) is 8.24. The fraction of sp³-hybridized carbons (Fsp3) is 0.0714. The molecule has 0 bridgehead atoms. The molecule has 2 aromatic carbocycles. The normalized spacial score (nSPS) is 11.6. The number of hydrogen-bond donors (Lipinski definition) is 2. The van der Waals surface area contributed by atoms with E-state index in [9.17, 15) is 23.3 Å². The summed E-state index contributed by atoms with van der Waals surface area (Å²) in [5.74, 6) is 0. The van der Waals surface area contributed by atoms with Crippen molar-refractivity contribution in [2.45, 2.75) is 11.8 Å². The number of H-pyrrole nitrogens is 1. The fourth-order valence-corrected chi connectivity index (χ4v) is 4.36. The zero-order chi connectivity index (χ0) is 18.4. The molecule has 0 atom stereocenters. The predicted molar refractivity (Wildman–Crippen MR) is 96.1 cm³/mol. The van der Waals surface area contributed by atoms with Crippen molar-refractivity contribution in [3.63, 3.8) is 0 Å². The van der Waals surface area contributed by atoms with Crippen LogP contribution in [0.2, 0.25) is 5.02 Å². The first-order chi connectivity index (χ1) is 11.7. The molecule has 2 N–H and O–H groups in total. The van der Waals surface area contributed by atoms with Crippen molar-refractivity contribution < 1.29 is 13.3 Å². The van der Waals surface area contributed by atoms with Crippen LogP contribution in [0.3, 0.4) is 0 Å². The third kappa shape index (κ3) is 3.36. The van der Waals surface area contributed by atoms with Crippen LogP contribution >= 0.6 is 22.9 Å². The van der Waals surface area contributed by atoms with Gasteiger partial charge in [-0.15, -0.1) is 0 Å². The van der Waals surface area contributed by atoms with Gasteiger partial charge in [0.05, 0.1) is 30.7 Å². The maximum absolute atomic E-state index is 12.5. The van der Waals surface area contributed by atoms with Crippen LogP contribution in [0.25, 0.3) is 10.2 Å². The number of hydrogen-bond acceptors (Lipinski definition) is 6. The maximum atomic E-state index is 12.5. The summed E-state index contributed by atoms with van der Waals surface area (Å²) in [6, 6.07) is 6.65. The van der Waals surface area contributed by atoms with Crippen molar-refractivity contribution >= 4 is 54.6 Å². The van der Waals surface area contributed by atoms with Crippen LogP contribution in [0.1, 0.15) is 5.56 Å². The highest BCUT2D eigenvalue weighted by Crippen LogP contribution is 2.30. The van der Waals surface area contributed by atoms with E-state index in [0.29, 0.717) is 10.2 Å². The molecule has 8 nitrogen and oxygen atoms in total. The number of nitrogens with zero attached hydrogens (tertiary/aromatic N) is 1. The van der Waals surface area contributed by atoms with Gasteiger partial charge in [0.2, 0.25) is 0 Å². The van der Waals surface area contributed by atoms with E-state index in [0.717, 1.165) is 23.5 Å². The van der Waals surface area contributed by atoms with Gasteiger partial charge >= 0.3 is 4.87 Å². The molecule has 0 amide bonds. The van der Waals surface area contributed by atoms with Gasteiger partial charge in [-0.3, -0.25) is 19.6 Å². The van der Waals surface area contributed by atoms with E-state index in [4.69, 9.17) is 11.6 Å². The molecule has 0 spiro atoms. The molecule has 0 radical (unpaired) electrons. The first-order valence-electron chi connectivity index (χ1n) is 6.77. The van der Waals surface area contributed by atoms with Crippen LogP contribution in [-0.4, -0.2) is 18.3 Å². The van der Waals surface area contributed by atoms with E-state index >= 15 is 0 Å². The lowest BCUT2D eigenvalue weighted by atomic mass is 10.2. The first kappa shape index (κ1) is 17.4. The Morgan fingerprint density at radius 2 is 2.00 bits per heavy atom. The number of nitro benzene ring substituents is 1. The third-order valence-corrected chi connectivity index (χ3v) is 6.07. The number of thiazole rings is 1. The first-order valence-corrected chi connectivity index (χ1v) is 9.45. The fourth-order valence-electron chi connectivity index (χ4n) is 2.21. The molecule has 0 unspecified atom stereocenters. The number of anilines is 1. The molecule has 0 saturated carbocycles. The van der Waals surface area contributed by atoms with Crippen molar-refractivity contribution in [1.82, 2.24) is 4.98 Å². The number of benzene rings is 2. The van der Waals surface area contributed by atoms with Gasteiger partial charge in [0.1, 0.15) is 0 Å². The Bertz CT molecular complexity index is 1170. The summed E-state index contributed by atoms with van der Waals surface area (Å²) >= 11 is 6.86. The number of sulfonamides is 1. The second kappa shape index (κ2) is 6.14. The molecule has 1 aromatic heterocycles. The van der Waals surface area contributed by atoms with Crippen molar-refractivity contribution in [3.8, 4) is 0 Å². The maximum Gasteiger partial charge on any atom is 0.305 e. The zero-order valence-corrected chi connectivity index (χ0v) is 15.0. The van der Waals surface area contributed by atoms with Crippen LogP contribution in [-0.2, 0) is 10.0 Å². The second-order valence-electron chi connectivity index (χ2n) is 5.14. The van der Waals surface area contributed by atoms with Crippen molar-refractivity contribution in [2.24, 2.45) is 0 Å². The smallest absolute Gasteiger partial charge is 0.305 e. The molecule has 0 fully saturated rings. The van der Waals surface area contributed by atoms with Crippen molar-refractivity contribution in [2.75, 3.05) is 4.72 Å². The van der Waals surface area contributed by atoms with E-state index in [2.05, 4.69) is 9.71 Å². The minimum atomic E-state index is -4.09. The standard InChI is InChI=1S/C14H10ClN3O5S2/c1-7-10(15)5-9(6-12(7)18(20)21)25(22,23)17-8-2-3-11-13(4-8)24-14(19)16-11/h2-6,17H,1H3,(H,16,19). The van der Waals surface area contributed by atoms with Gasteiger partial charge < -0.3 is 4.98 Å². The lowest BCUT2D eigenvalue weighted by molar-refractivity contribution is -0.385. The van der Waals surface area contributed by atoms with Crippen LogP contribution in [0.4, 0.5) is 11.4 Å². The SMILES string of the molecule is Cc1c(Cl)cc(S(=O)(=O)Nc2ccc3[nH]c(=O)sc3c2)cc1[N+](=O)[O-]. The molecule has 1 heterocycles. The predicted octanol–water partition coefficient (Wildman–Crippen LogP) is 3.26. The van der Waals surface area contributed by atoms with Crippen LogP contribution in [0.5, 0.6) is 0 Å². The van der Waals surface area contributed by atoms with E-state index in [-0.39, 0.29) is 31.7 Å². The molecular weight excluding hydrogens is 390 g/mol. The van der Waals surface area contributed by atoms with Crippen molar-refractivity contribution in [3.05, 3.63) is 60.7 Å². The quantitative estimate of drug-likeness (QED) is 0.515. The van der Waals surface area contributed by atoms with Gasteiger partial charge in [-0.1, -0.05) is 22.9 Å². The van der Waals surface area contributed by atoms with Gasteiger partial charge in [0.25, 0.3) is 15.7 Å². The Hall–Kier alpha value is -2.43. The molecule has 3 rings (SSSR count). The Morgan fingerprint density at radius 3 is 2.68 bits per heavy atom. The average Bonchev–Trinajstić information content (AvgIpc) is 2.88. The highest BCUT2D eigenvalue weighted by atomic mass is 35.5. The summed E-state index contributed by atoms with van der Waals surface area (Å²) in [5, 5.41) is 11.0. The van der Waals surface area contributed by atoms with Crippen LogP contribution in [0.15, 0.2) is 40.0 Å². The molecule has 0 aliphatic carbocycles. The largest absolute Gasteiger partial charge is 0.312 e. The lowest BCUT2D eigenvalue weighted by Gasteiger charge is -2.09. The number of nitrogens with one attached hydrogen (secondary N) is 2. The summed E-state index contributed by atoms with van der Waals surface area (Å²) in [4.78, 5) is 23.7. The van der Waals surface area contributed by atoms with Gasteiger partial charge in [-0.25, -0.2) is 8.42 Å². The Morgan fingerprint density at radius 1 is 1.28 bits per heavy atom. The number of rotatable bonds is 4. The number of fused-ring (bicyclic) bond motifs is 1. The highest BCUT2D eigenvalue weighted by Gasteiger charge is 2.22. The van der Waals surface area contributed by atoms with Crippen LogP contribution in [0, 0.1) is 17.0 Å². The molecule has 0 aliphatic rings. The summed E-state index contributed by atoms with van der Waals surface area (Å²) in [6.07, 6.45) is 0. The highest BCUT2D eigenvalue weighted by molar-refractivity contribution is 7.92. The van der Waals surface area contributed by atoms with Gasteiger partial charge in [-0.2, -0.15) is 0 Å². The summed E-state index contributed by atoms with van der Waals surface area (Å²) < 4.78 is 28.0. The van der Waals surface area contributed by atoms with E-state index in [1.54, 1.807) is 6.07 Å². The summed E-state index contributed by atoms with van der Waals surface area (Å²) in [7, 11) is -4.09. The minimum absolute atomic E-state index is 0.0196. The zero-order valence-electron chi connectivity index (χ0n) is 12.6. The topological polar surface area (TPSA) is 122 Å². The molecule has 0 saturated heterocycles. The number of aromatic amines is 1. The molecule has 11 heteroatoms. The van der Waals surface area contributed by atoms with Gasteiger partial charge in [0, 0.05) is 11.6 Å². The molecule has 0 aliphatic heterocycles. The van der Waals surface area contributed by atoms with Crippen LogP contribution < -0.4 is 9.60 Å². The average molecular weight is 400 g/mol. The molecule has 3 aromatic rings. The van der Waals surface area contributed by atoms with E-state index in [1.807, 2.05) is 0 Å². The number of aromatic nitrogens is 1. The molecule has 25 heavy (non-hydrogen) atoms. The third-order valence-electron chi connectivity index (χ3n) is 3.47. The van der Waals surface area contributed by atoms with E-state index in [1.165, 1.54) is 19.1 Å². The minimum Gasteiger partial charge on any atom is -0.312 e. The number of halogens is 1. The Labute approximate surface area is 150 Å². The Kier molecular flexibility index (Phi) is 4.27.